The summed E-state index contributed by atoms with van der Waals surface area (Å²) in [7, 11) is 0. The van der Waals surface area contributed by atoms with E-state index in [2.05, 4.69) is 41.5 Å². The number of rotatable bonds is 6. The Kier molecular flexibility index (Phi) is 6.72. The van der Waals surface area contributed by atoms with Crippen molar-refractivity contribution in [1.29, 1.82) is 0 Å². The fourth-order valence-corrected chi connectivity index (χ4v) is 9.90. The SMILES string of the molecule is CC[C@@H](CC[C@@H](C)[C@@H]1CC[C@H]2[C@@H]3CC[C@H]4C[C@@H](O)CC[C@]4(C)[C@H]3CC[C@]21C)C(C)C. The van der Waals surface area contributed by atoms with Gasteiger partial charge in [0.25, 0.3) is 0 Å². The first kappa shape index (κ1) is 23.1. The van der Waals surface area contributed by atoms with Gasteiger partial charge in [-0.25, -0.2) is 0 Å². The Hall–Kier alpha value is -0.0400. The minimum absolute atomic E-state index is 0.0111. The molecule has 4 aliphatic rings. The standard InChI is InChI=1S/C29H52O/c1-7-21(19(2)3)9-8-20(4)25-12-13-26-24-11-10-22-18-23(30)14-16-28(22,5)27(24)15-17-29(25,26)6/h19-27,30H,7-18H2,1-6H3/t20-,21+,22+,23+,24+,25+,26+,27+,28+,29+/m1/s1. The van der Waals surface area contributed by atoms with E-state index in [1.807, 2.05) is 0 Å². The lowest BCUT2D eigenvalue weighted by molar-refractivity contribution is -0.129. The van der Waals surface area contributed by atoms with Gasteiger partial charge in [0.05, 0.1) is 6.10 Å². The van der Waals surface area contributed by atoms with Crippen LogP contribution in [0.2, 0.25) is 0 Å². The van der Waals surface area contributed by atoms with Gasteiger partial charge in [0, 0.05) is 0 Å². The Bertz CT molecular complexity index is 583. The van der Waals surface area contributed by atoms with Crippen molar-refractivity contribution in [1.82, 2.24) is 0 Å². The molecule has 4 fully saturated rings. The summed E-state index contributed by atoms with van der Waals surface area (Å²) in [5.41, 5.74) is 1.14. The monoisotopic (exact) mass is 416 g/mol. The van der Waals surface area contributed by atoms with E-state index in [1.165, 1.54) is 64.2 Å². The first-order valence-corrected chi connectivity index (χ1v) is 13.9. The van der Waals surface area contributed by atoms with E-state index in [9.17, 15) is 5.11 Å². The summed E-state index contributed by atoms with van der Waals surface area (Å²) in [6.45, 7) is 15.2. The van der Waals surface area contributed by atoms with Gasteiger partial charge in [0.1, 0.15) is 0 Å². The molecule has 4 rings (SSSR count). The minimum atomic E-state index is -0.0111. The molecule has 0 aliphatic heterocycles. The normalized spacial score (nSPS) is 48.0. The van der Waals surface area contributed by atoms with Crippen LogP contribution in [0.5, 0.6) is 0 Å². The third kappa shape index (κ3) is 3.82. The molecular formula is C29H52O. The molecule has 0 heterocycles. The van der Waals surface area contributed by atoms with Gasteiger partial charge in [-0.3, -0.25) is 0 Å². The molecule has 1 N–H and O–H groups in total. The van der Waals surface area contributed by atoms with E-state index in [0.29, 0.717) is 10.8 Å². The molecule has 1 nitrogen and oxygen atoms in total. The lowest BCUT2D eigenvalue weighted by Crippen LogP contribution is -2.54. The average Bonchev–Trinajstić information content (AvgIpc) is 3.06. The predicted octanol–water partition coefficient (Wildman–Crippen LogP) is 8.10. The molecular weight excluding hydrogens is 364 g/mol. The Morgan fingerprint density at radius 1 is 0.833 bits per heavy atom. The Labute approximate surface area is 188 Å². The summed E-state index contributed by atoms with van der Waals surface area (Å²) in [5, 5.41) is 10.3. The van der Waals surface area contributed by atoms with Gasteiger partial charge in [0.15, 0.2) is 0 Å². The second-order valence-corrected chi connectivity index (χ2v) is 13.3. The molecule has 10 atom stereocenters. The maximum absolute atomic E-state index is 10.3. The summed E-state index contributed by atoms with van der Waals surface area (Å²) >= 11 is 0. The third-order valence-corrected chi connectivity index (χ3v) is 11.9. The highest BCUT2D eigenvalue weighted by molar-refractivity contribution is 5.09. The highest BCUT2D eigenvalue weighted by atomic mass is 16.3. The molecule has 0 spiro atoms. The van der Waals surface area contributed by atoms with Crippen molar-refractivity contribution in [3.8, 4) is 0 Å². The zero-order chi connectivity index (χ0) is 21.7. The van der Waals surface area contributed by atoms with Crippen LogP contribution in [0, 0.1) is 58.2 Å². The van der Waals surface area contributed by atoms with Crippen molar-refractivity contribution in [2.45, 2.75) is 125 Å². The summed E-state index contributed by atoms with van der Waals surface area (Å²) in [6.07, 6.45) is 16.5. The molecule has 0 saturated heterocycles. The van der Waals surface area contributed by atoms with Crippen LogP contribution >= 0.6 is 0 Å². The highest BCUT2D eigenvalue weighted by Crippen LogP contribution is 2.68. The van der Waals surface area contributed by atoms with Crippen molar-refractivity contribution in [2.24, 2.45) is 58.2 Å². The van der Waals surface area contributed by atoms with E-state index in [0.717, 1.165) is 60.2 Å². The summed E-state index contributed by atoms with van der Waals surface area (Å²) in [4.78, 5) is 0. The molecule has 0 aromatic heterocycles. The van der Waals surface area contributed by atoms with Crippen LogP contribution in [-0.4, -0.2) is 11.2 Å². The molecule has 0 amide bonds. The first-order valence-electron chi connectivity index (χ1n) is 13.9. The summed E-state index contributed by atoms with van der Waals surface area (Å²) in [5.74, 6) is 7.34. The molecule has 174 valence electrons. The smallest absolute Gasteiger partial charge is 0.0543 e. The fourth-order valence-electron chi connectivity index (χ4n) is 9.90. The summed E-state index contributed by atoms with van der Waals surface area (Å²) in [6, 6.07) is 0. The molecule has 0 unspecified atom stereocenters. The Balaban J connectivity index is 1.45. The predicted molar refractivity (Wildman–Crippen MR) is 128 cm³/mol. The Morgan fingerprint density at radius 3 is 2.23 bits per heavy atom. The van der Waals surface area contributed by atoms with Gasteiger partial charge in [-0.15, -0.1) is 0 Å². The number of hydrogen-bond acceptors (Lipinski definition) is 1. The number of aliphatic hydroxyl groups excluding tert-OH is 1. The minimum Gasteiger partial charge on any atom is -0.393 e. The molecule has 30 heavy (non-hydrogen) atoms. The molecule has 4 aliphatic carbocycles. The van der Waals surface area contributed by atoms with Gasteiger partial charge in [-0.2, -0.15) is 0 Å². The topological polar surface area (TPSA) is 20.2 Å². The average molecular weight is 417 g/mol. The van der Waals surface area contributed by atoms with Crippen molar-refractivity contribution in [3.63, 3.8) is 0 Å². The van der Waals surface area contributed by atoms with Crippen LogP contribution in [0.4, 0.5) is 0 Å². The third-order valence-electron chi connectivity index (χ3n) is 11.9. The second-order valence-electron chi connectivity index (χ2n) is 13.3. The zero-order valence-electron chi connectivity index (χ0n) is 21.1. The van der Waals surface area contributed by atoms with E-state index >= 15 is 0 Å². The lowest BCUT2D eigenvalue weighted by Gasteiger charge is -2.61. The van der Waals surface area contributed by atoms with Crippen LogP contribution in [0.1, 0.15) is 119 Å². The first-order chi connectivity index (χ1) is 14.2. The van der Waals surface area contributed by atoms with Gasteiger partial charge in [-0.05, 0) is 122 Å². The van der Waals surface area contributed by atoms with E-state index in [4.69, 9.17) is 0 Å². The zero-order valence-corrected chi connectivity index (χ0v) is 21.1. The van der Waals surface area contributed by atoms with Crippen molar-refractivity contribution in [3.05, 3.63) is 0 Å². The highest BCUT2D eigenvalue weighted by Gasteiger charge is 2.60. The van der Waals surface area contributed by atoms with Crippen molar-refractivity contribution >= 4 is 0 Å². The molecule has 0 bridgehead atoms. The van der Waals surface area contributed by atoms with Crippen LogP contribution in [0.15, 0.2) is 0 Å². The van der Waals surface area contributed by atoms with Crippen LogP contribution < -0.4 is 0 Å². The molecule has 0 aromatic carbocycles. The second kappa shape index (κ2) is 8.72. The van der Waals surface area contributed by atoms with Crippen LogP contribution in [0.3, 0.4) is 0 Å². The quantitative estimate of drug-likeness (QED) is 0.463. The van der Waals surface area contributed by atoms with Gasteiger partial charge in [0.2, 0.25) is 0 Å². The lowest BCUT2D eigenvalue weighted by atomic mass is 9.44. The molecule has 0 aromatic rings. The van der Waals surface area contributed by atoms with Crippen LogP contribution in [0.25, 0.3) is 0 Å². The molecule has 4 saturated carbocycles. The van der Waals surface area contributed by atoms with Crippen molar-refractivity contribution in [2.75, 3.05) is 0 Å². The molecule has 0 radical (unpaired) electrons. The van der Waals surface area contributed by atoms with Crippen LogP contribution in [-0.2, 0) is 0 Å². The largest absolute Gasteiger partial charge is 0.393 e. The number of fused-ring (bicyclic) bond motifs is 5. The fraction of sp³-hybridized carbons (Fsp3) is 1.00. The van der Waals surface area contributed by atoms with Gasteiger partial charge in [-0.1, -0.05) is 54.4 Å². The van der Waals surface area contributed by atoms with E-state index < -0.39 is 0 Å². The van der Waals surface area contributed by atoms with Crippen molar-refractivity contribution < 1.29 is 5.11 Å². The van der Waals surface area contributed by atoms with E-state index in [-0.39, 0.29) is 6.10 Å². The Morgan fingerprint density at radius 2 is 1.53 bits per heavy atom. The number of aliphatic hydroxyl groups is 1. The molecule has 1 heteroatoms. The van der Waals surface area contributed by atoms with Gasteiger partial charge < -0.3 is 5.11 Å². The maximum Gasteiger partial charge on any atom is 0.0543 e. The summed E-state index contributed by atoms with van der Waals surface area (Å²) < 4.78 is 0. The number of hydrogen-bond donors (Lipinski definition) is 1. The maximum atomic E-state index is 10.3. The van der Waals surface area contributed by atoms with E-state index in [1.54, 1.807) is 0 Å². The van der Waals surface area contributed by atoms with Gasteiger partial charge >= 0.3 is 0 Å².